The maximum Gasteiger partial charge on any atom is 0.415 e. The highest BCUT2D eigenvalue weighted by molar-refractivity contribution is 6.03. The molecule has 2 fully saturated rings. The van der Waals surface area contributed by atoms with Gasteiger partial charge in [-0.25, -0.2) is 9.59 Å². The van der Waals surface area contributed by atoms with Crippen molar-refractivity contribution >= 4 is 23.6 Å². The normalized spacial score (nSPS) is 26.3. The average molecular weight is 821 g/mol. The second-order valence-electron chi connectivity index (χ2n) is 15.3. The number of aliphatic hydroxyl groups is 2. The van der Waals surface area contributed by atoms with Crippen LogP contribution in [-0.4, -0.2) is 96.1 Å². The Bertz CT molecular complexity index is 1850. The molecule has 2 aliphatic heterocycles. The quantitative estimate of drug-likeness (QED) is 0.0603. The number of nitrogens with zero attached hydrogens (tertiary/aromatic N) is 3. The van der Waals surface area contributed by atoms with E-state index in [0.717, 1.165) is 49.7 Å². The van der Waals surface area contributed by atoms with Crippen molar-refractivity contribution < 1.29 is 53.2 Å². The van der Waals surface area contributed by atoms with Crippen molar-refractivity contribution in [2.45, 2.75) is 95.2 Å². The van der Waals surface area contributed by atoms with Crippen LogP contribution in [0.15, 0.2) is 71.9 Å². The van der Waals surface area contributed by atoms with E-state index in [9.17, 15) is 29.9 Å². The Morgan fingerprint density at radius 1 is 1.07 bits per heavy atom. The Balaban J connectivity index is 1.53. The molecule has 1 saturated heterocycles. The number of nitro benzene ring substituents is 1. The van der Waals surface area contributed by atoms with E-state index in [2.05, 4.69) is 18.0 Å². The molecule has 0 spiro atoms. The molecule has 1 saturated carbocycles. The summed E-state index contributed by atoms with van der Waals surface area (Å²) in [6.45, 7) is 6.83. The number of nitro groups is 1. The largest absolute Gasteiger partial charge is 0.459 e. The van der Waals surface area contributed by atoms with Crippen LogP contribution in [0.5, 0.6) is 17.2 Å². The number of oxime groups is 1. The number of unbranched alkanes of at least 4 members (excludes halogenated alkanes) is 2. The van der Waals surface area contributed by atoms with Crippen LogP contribution >= 0.6 is 0 Å². The van der Waals surface area contributed by atoms with Crippen LogP contribution in [0.1, 0.15) is 82.6 Å². The predicted molar refractivity (Wildman–Crippen MR) is 216 cm³/mol. The lowest BCUT2D eigenvalue weighted by molar-refractivity contribution is -0.384. The van der Waals surface area contributed by atoms with Crippen LogP contribution in [0.25, 0.3) is 0 Å². The Kier molecular flexibility index (Phi) is 15.0. The van der Waals surface area contributed by atoms with Crippen LogP contribution in [0.4, 0.5) is 15.3 Å². The molecule has 16 nitrogen and oxygen atoms in total. The van der Waals surface area contributed by atoms with E-state index in [1.807, 2.05) is 6.07 Å². The molecule has 320 valence electrons. The number of aliphatic hydroxyl groups excluding tert-OH is 2. The summed E-state index contributed by atoms with van der Waals surface area (Å²) in [5.74, 6) is -1.65. The summed E-state index contributed by atoms with van der Waals surface area (Å²) < 4.78 is 31.4. The molecule has 16 heteroatoms. The highest BCUT2D eigenvalue weighted by Crippen LogP contribution is 2.62. The first-order valence-corrected chi connectivity index (χ1v) is 20.6. The maximum absolute atomic E-state index is 14.2. The number of hydrogen-bond donors (Lipinski definition) is 3. The summed E-state index contributed by atoms with van der Waals surface area (Å²) in [6, 6.07) is 9.60. The van der Waals surface area contributed by atoms with Gasteiger partial charge in [0.15, 0.2) is 0 Å². The summed E-state index contributed by atoms with van der Waals surface area (Å²) in [6.07, 6.45) is 8.77. The van der Waals surface area contributed by atoms with Crippen molar-refractivity contribution in [1.82, 2.24) is 10.2 Å². The van der Waals surface area contributed by atoms with E-state index in [1.165, 1.54) is 29.2 Å². The highest BCUT2D eigenvalue weighted by Gasteiger charge is 2.65. The Morgan fingerprint density at radius 3 is 2.49 bits per heavy atom. The molecule has 4 aliphatic rings. The molecule has 0 bridgehead atoms. The van der Waals surface area contributed by atoms with Crippen LogP contribution in [0.3, 0.4) is 0 Å². The molecule has 1 unspecified atom stereocenters. The van der Waals surface area contributed by atoms with Crippen molar-refractivity contribution in [3.05, 3.63) is 82.4 Å². The minimum atomic E-state index is -1.55. The highest BCUT2D eigenvalue weighted by atomic mass is 16.8. The first-order chi connectivity index (χ1) is 28.6. The standard InChI is InChI=1S/C43H56N4O12/c1-4-23-55-43-37(46(3)42(51)57-30-17-15-29(16-18-30)47(52)53)27-35(45-59-38-14-8-11-24-54-38)33-25-28(12-6-9-21-48)32(13-7-10-22-49)39(40(33)43)34-26-31(19-20-36(34)58-43)56-41(50)44-5-2/h4,15-20,25-26,28,32,37-40,48-49H,1,5-14,21-24,27H2,2-3H3,(H,44,50)/t28-,32+,37-,38?,39+,40+,43+/m0/s1. The molecule has 0 radical (unpaired) electrons. The lowest BCUT2D eigenvalue weighted by Crippen LogP contribution is -2.69. The Hall–Kier alpha value is -5.03. The molecular formula is C43H56N4O12. The molecule has 6 rings (SSSR count). The third kappa shape index (κ3) is 9.89. The zero-order chi connectivity index (χ0) is 41.9. The molecule has 2 amide bonds. The van der Waals surface area contributed by atoms with Crippen LogP contribution in [-0.2, 0) is 14.3 Å². The van der Waals surface area contributed by atoms with Crippen molar-refractivity contribution in [3.8, 4) is 17.2 Å². The van der Waals surface area contributed by atoms with Crippen molar-refractivity contribution in [1.29, 1.82) is 0 Å². The number of ether oxygens (including phenoxy) is 5. The summed E-state index contributed by atoms with van der Waals surface area (Å²) in [5, 5.41) is 38.5. The fourth-order valence-corrected chi connectivity index (χ4v) is 8.93. The topological polar surface area (TPSA) is 201 Å². The van der Waals surface area contributed by atoms with Crippen molar-refractivity contribution in [2.75, 3.05) is 40.0 Å². The zero-order valence-corrected chi connectivity index (χ0v) is 33.8. The third-order valence-electron chi connectivity index (χ3n) is 11.6. The van der Waals surface area contributed by atoms with E-state index in [4.69, 9.17) is 33.7 Å². The van der Waals surface area contributed by atoms with Gasteiger partial charge in [-0.3, -0.25) is 10.1 Å². The Labute approximate surface area is 344 Å². The second kappa shape index (κ2) is 20.3. The van der Waals surface area contributed by atoms with Crippen LogP contribution in [0.2, 0.25) is 0 Å². The molecule has 2 aliphatic carbocycles. The third-order valence-corrected chi connectivity index (χ3v) is 11.6. The summed E-state index contributed by atoms with van der Waals surface area (Å²) in [4.78, 5) is 45.2. The molecule has 59 heavy (non-hydrogen) atoms. The number of non-ortho nitro benzene ring substituents is 1. The number of fused-ring (bicyclic) bond motifs is 2. The van der Waals surface area contributed by atoms with Gasteiger partial charge < -0.3 is 49.0 Å². The summed E-state index contributed by atoms with van der Waals surface area (Å²) in [5.41, 5.74) is 2.05. The number of likely N-dealkylation sites (N-methyl/N-ethyl adjacent to an activating group) is 1. The zero-order valence-electron chi connectivity index (χ0n) is 33.8. The van der Waals surface area contributed by atoms with Gasteiger partial charge >= 0.3 is 12.2 Å². The first-order valence-electron chi connectivity index (χ1n) is 20.6. The van der Waals surface area contributed by atoms with Gasteiger partial charge in [-0.1, -0.05) is 30.1 Å². The van der Waals surface area contributed by atoms with Gasteiger partial charge in [0.25, 0.3) is 5.69 Å². The molecular weight excluding hydrogens is 764 g/mol. The number of rotatable bonds is 18. The smallest absolute Gasteiger partial charge is 0.415 e. The van der Waals surface area contributed by atoms with Gasteiger partial charge in [0.2, 0.25) is 12.1 Å². The van der Waals surface area contributed by atoms with Gasteiger partial charge in [0, 0.05) is 63.3 Å². The SMILES string of the molecule is C=CCO[C@@]12Oc3ccc(OC(=O)NCC)cc3[C@H]3[C@H](CCCCO)[C@@H](CCCCO)C=C(C(=NOC4CCCCO4)C[C@@H]1N(C)C(=O)Oc1ccc([N+](=O)[O-])cc1)[C@H]32. The molecule has 2 aromatic carbocycles. The van der Waals surface area contributed by atoms with E-state index >= 15 is 0 Å². The van der Waals surface area contributed by atoms with Gasteiger partial charge in [-0.2, -0.15) is 0 Å². The summed E-state index contributed by atoms with van der Waals surface area (Å²) in [7, 11) is 1.59. The number of nitrogens with one attached hydrogen (secondary N) is 1. The average Bonchev–Trinajstić information content (AvgIpc) is 3.23. The number of carbonyl (C=O) groups is 2. The second-order valence-corrected chi connectivity index (χ2v) is 15.3. The van der Waals surface area contributed by atoms with E-state index in [-0.39, 0.29) is 55.4 Å². The molecule has 2 aromatic rings. The molecule has 3 N–H and O–H groups in total. The van der Waals surface area contributed by atoms with Gasteiger partial charge in [0.05, 0.1) is 29.8 Å². The van der Waals surface area contributed by atoms with E-state index < -0.39 is 41.1 Å². The van der Waals surface area contributed by atoms with E-state index in [1.54, 1.807) is 32.2 Å². The lowest BCUT2D eigenvalue weighted by atomic mass is 9.55. The fraction of sp³-hybridized carbons (Fsp3) is 0.558. The monoisotopic (exact) mass is 820 g/mol. The Morgan fingerprint density at radius 2 is 1.81 bits per heavy atom. The van der Waals surface area contributed by atoms with E-state index in [0.29, 0.717) is 49.6 Å². The van der Waals surface area contributed by atoms with Crippen LogP contribution in [0, 0.1) is 27.9 Å². The van der Waals surface area contributed by atoms with Gasteiger partial charge in [-0.15, -0.1) is 6.58 Å². The summed E-state index contributed by atoms with van der Waals surface area (Å²) >= 11 is 0. The maximum atomic E-state index is 14.2. The van der Waals surface area contributed by atoms with Crippen LogP contribution < -0.4 is 19.5 Å². The minimum Gasteiger partial charge on any atom is -0.459 e. The predicted octanol–water partition coefficient (Wildman–Crippen LogP) is 6.99. The van der Waals surface area contributed by atoms with Crippen molar-refractivity contribution in [2.24, 2.45) is 22.9 Å². The number of hydrogen-bond acceptors (Lipinski definition) is 13. The fourth-order valence-electron chi connectivity index (χ4n) is 8.93. The minimum absolute atomic E-state index is 0.00924. The number of carbonyl (C=O) groups excluding carboxylic acids is 2. The number of amides is 2. The van der Waals surface area contributed by atoms with Gasteiger partial charge in [0.1, 0.15) is 23.3 Å². The molecule has 2 heterocycles. The first kappa shape index (κ1) is 43.5. The number of allylic oxidation sites excluding steroid dienone is 1. The lowest BCUT2D eigenvalue weighted by Gasteiger charge is -2.59. The van der Waals surface area contributed by atoms with Gasteiger partial charge in [-0.05, 0) is 93.2 Å². The van der Waals surface area contributed by atoms with Crippen molar-refractivity contribution in [3.63, 3.8) is 0 Å². The number of benzene rings is 2. The molecule has 7 atom stereocenters. The molecule has 0 aromatic heterocycles.